The lowest BCUT2D eigenvalue weighted by molar-refractivity contribution is 0.862. The van der Waals surface area contributed by atoms with Crippen LogP contribution in [-0.2, 0) is 6.42 Å². The molecule has 0 fully saturated rings. The largest absolute Gasteiger partial charge is 0.0955 e. The first-order valence-electron chi connectivity index (χ1n) is 8.35. The molecule has 0 amide bonds. The number of benzene rings is 2. The molecule has 0 heteroatoms. The lowest BCUT2D eigenvalue weighted by atomic mass is 9.94. The van der Waals surface area contributed by atoms with Crippen LogP contribution in [0.1, 0.15) is 64.2 Å². The number of hydrogen-bond acceptors (Lipinski definition) is 0. The van der Waals surface area contributed by atoms with E-state index in [1.807, 2.05) is 19.9 Å². The van der Waals surface area contributed by atoms with E-state index in [1.54, 1.807) is 0 Å². The van der Waals surface area contributed by atoms with Crippen LogP contribution in [0.2, 0.25) is 0 Å². The second-order valence-corrected chi connectivity index (χ2v) is 5.36. The van der Waals surface area contributed by atoms with Crippen LogP contribution in [-0.4, -0.2) is 0 Å². The van der Waals surface area contributed by atoms with E-state index in [0.29, 0.717) is 5.92 Å². The maximum Gasteiger partial charge on any atom is -0.0199 e. The molecule has 0 aliphatic rings. The summed E-state index contributed by atoms with van der Waals surface area (Å²) in [7, 11) is 0. The Morgan fingerprint density at radius 1 is 0.909 bits per heavy atom. The van der Waals surface area contributed by atoms with E-state index < -0.39 is 0 Å². The van der Waals surface area contributed by atoms with Gasteiger partial charge in [-0.2, -0.15) is 0 Å². The van der Waals surface area contributed by atoms with Crippen LogP contribution in [0.4, 0.5) is 0 Å². The van der Waals surface area contributed by atoms with Crippen LogP contribution < -0.4 is 0 Å². The van der Waals surface area contributed by atoms with Crippen molar-refractivity contribution in [1.82, 2.24) is 0 Å². The molecular formula is C22H32. The van der Waals surface area contributed by atoms with Crippen molar-refractivity contribution in [3.63, 3.8) is 0 Å². The van der Waals surface area contributed by atoms with Gasteiger partial charge in [-0.05, 0) is 36.0 Å². The molecule has 0 heterocycles. The van der Waals surface area contributed by atoms with Crippen molar-refractivity contribution in [2.24, 2.45) is 0 Å². The van der Waals surface area contributed by atoms with Gasteiger partial charge >= 0.3 is 0 Å². The summed E-state index contributed by atoms with van der Waals surface area (Å²) in [6.45, 7) is 16.6. The molecule has 0 nitrogen and oxygen atoms in total. The third kappa shape index (κ3) is 7.26. The number of allylic oxidation sites excluding steroid dienone is 1. The summed E-state index contributed by atoms with van der Waals surface area (Å²) in [5.74, 6) is 0.581. The summed E-state index contributed by atoms with van der Waals surface area (Å²) < 4.78 is 0. The second kappa shape index (κ2) is 11.8. The first-order chi connectivity index (χ1) is 10.6. The van der Waals surface area contributed by atoms with Crippen molar-refractivity contribution in [2.75, 3.05) is 0 Å². The topological polar surface area (TPSA) is 0 Å². The fourth-order valence-corrected chi connectivity index (χ4v) is 2.10. The van der Waals surface area contributed by atoms with E-state index in [0.717, 1.165) is 12.0 Å². The van der Waals surface area contributed by atoms with E-state index >= 15 is 0 Å². The Kier molecular flexibility index (Phi) is 10.8. The highest BCUT2D eigenvalue weighted by Gasteiger charge is 2.04. The summed E-state index contributed by atoms with van der Waals surface area (Å²) in [4.78, 5) is 0. The molecule has 0 atom stereocenters. The van der Waals surface area contributed by atoms with Gasteiger partial charge in [0.2, 0.25) is 0 Å². The van der Waals surface area contributed by atoms with Crippen LogP contribution in [0, 0.1) is 0 Å². The molecule has 2 rings (SSSR count). The standard InChI is InChI=1S/C12H16.C8H10.C2H6/c1-9(2)11-7-5-6-8-12(11)10(3)4;1-2-8-6-4-3-5-7-8;1-2/h5-8,10H,1H2,2-4H3;3-7H,2H2,1H3;1-2H3. The molecule has 22 heavy (non-hydrogen) atoms. The second-order valence-electron chi connectivity index (χ2n) is 5.36. The molecule has 0 N–H and O–H groups in total. The van der Waals surface area contributed by atoms with Gasteiger partial charge < -0.3 is 0 Å². The third-order valence-electron chi connectivity index (χ3n) is 3.29. The SMILES string of the molecule is C=C(C)c1ccccc1C(C)C.CC.CCc1ccccc1. The summed E-state index contributed by atoms with van der Waals surface area (Å²) in [5.41, 5.74) is 5.25. The monoisotopic (exact) mass is 296 g/mol. The van der Waals surface area contributed by atoms with Crippen LogP contribution >= 0.6 is 0 Å². The van der Waals surface area contributed by atoms with Gasteiger partial charge in [-0.3, -0.25) is 0 Å². The Labute approximate surface area is 137 Å². The minimum absolute atomic E-state index is 0.581. The number of aryl methyl sites for hydroxylation is 1. The molecule has 0 aromatic heterocycles. The van der Waals surface area contributed by atoms with Gasteiger partial charge in [0.1, 0.15) is 0 Å². The van der Waals surface area contributed by atoms with Crippen molar-refractivity contribution in [1.29, 1.82) is 0 Å². The smallest absolute Gasteiger partial charge is 0.0199 e. The molecule has 0 unspecified atom stereocenters. The van der Waals surface area contributed by atoms with Gasteiger partial charge in [0, 0.05) is 0 Å². The van der Waals surface area contributed by atoms with Gasteiger partial charge in [0.25, 0.3) is 0 Å². The van der Waals surface area contributed by atoms with Crippen molar-refractivity contribution >= 4 is 5.57 Å². The van der Waals surface area contributed by atoms with Crippen molar-refractivity contribution in [3.05, 3.63) is 77.9 Å². The molecule has 120 valence electrons. The Morgan fingerprint density at radius 2 is 1.41 bits per heavy atom. The molecular weight excluding hydrogens is 264 g/mol. The maximum atomic E-state index is 3.97. The normalized spacial score (nSPS) is 9.23. The third-order valence-corrected chi connectivity index (χ3v) is 3.29. The van der Waals surface area contributed by atoms with E-state index in [2.05, 4.69) is 82.8 Å². The number of rotatable bonds is 3. The van der Waals surface area contributed by atoms with E-state index in [4.69, 9.17) is 0 Å². The molecule has 0 saturated carbocycles. The van der Waals surface area contributed by atoms with Crippen LogP contribution in [0.25, 0.3) is 5.57 Å². The molecule has 0 aliphatic heterocycles. The van der Waals surface area contributed by atoms with Crippen LogP contribution in [0.3, 0.4) is 0 Å². The lowest BCUT2D eigenvalue weighted by Crippen LogP contribution is -1.92. The summed E-state index contributed by atoms with van der Waals surface area (Å²) in [5, 5.41) is 0. The number of hydrogen-bond donors (Lipinski definition) is 0. The van der Waals surface area contributed by atoms with E-state index in [-0.39, 0.29) is 0 Å². The van der Waals surface area contributed by atoms with Crippen molar-refractivity contribution < 1.29 is 0 Å². The molecule has 0 bridgehead atoms. The predicted octanol–water partition coefficient (Wildman–Crippen LogP) is 7.12. The summed E-state index contributed by atoms with van der Waals surface area (Å²) in [6, 6.07) is 18.9. The maximum absolute atomic E-state index is 3.97. The highest BCUT2D eigenvalue weighted by atomic mass is 14.1. The zero-order valence-corrected chi connectivity index (χ0v) is 15.2. The molecule has 0 spiro atoms. The quantitative estimate of drug-likeness (QED) is 0.565. The van der Waals surface area contributed by atoms with E-state index in [9.17, 15) is 0 Å². The Balaban J connectivity index is 0.000000382. The van der Waals surface area contributed by atoms with Gasteiger partial charge in [-0.15, -0.1) is 0 Å². The Hall–Kier alpha value is -1.82. The highest BCUT2D eigenvalue weighted by Crippen LogP contribution is 2.23. The minimum atomic E-state index is 0.581. The molecule has 2 aromatic rings. The van der Waals surface area contributed by atoms with Gasteiger partial charge in [-0.25, -0.2) is 0 Å². The van der Waals surface area contributed by atoms with Gasteiger partial charge in [-0.1, -0.05) is 101 Å². The fourth-order valence-electron chi connectivity index (χ4n) is 2.10. The predicted molar refractivity (Wildman–Crippen MR) is 102 cm³/mol. The Morgan fingerprint density at radius 3 is 1.77 bits per heavy atom. The zero-order chi connectivity index (χ0) is 17.0. The molecule has 0 saturated heterocycles. The van der Waals surface area contributed by atoms with E-state index in [1.165, 1.54) is 16.7 Å². The molecule has 2 aromatic carbocycles. The van der Waals surface area contributed by atoms with Crippen LogP contribution in [0.5, 0.6) is 0 Å². The summed E-state index contributed by atoms with van der Waals surface area (Å²) in [6.07, 6.45) is 1.14. The zero-order valence-electron chi connectivity index (χ0n) is 15.2. The average Bonchev–Trinajstić information content (AvgIpc) is 2.58. The lowest BCUT2D eigenvalue weighted by Gasteiger charge is -2.11. The van der Waals surface area contributed by atoms with Crippen LogP contribution in [0.15, 0.2) is 61.2 Å². The van der Waals surface area contributed by atoms with Gasteiger partial charge in [0.05, 0.1) is 0 Å². The van der Waals surface area contributed by atoms with Crippen molar-refractivity contribution in [2.45, 2.75) is 53.9 Å². The van der Waals surface area contributed by atoms with Gasteiger partial charge in [0.15, 0.2) is 0 Å². The first-order valence-corrected chi connectivity index (χ1v) is 8.35. The first kappa shape index (κ1) is 20.2. The summed E-state index contributed by atoms with van der Waals surface area (Å²) >= 11 is 0. The molecule has 0 radical (unpaired) electrons. The average molecular weight is 296 g/mol. The fraction of sp³-hybridized carbons (Fsp3) is 0.364. The minimum Gasteiger partial charge on any atom is -0.0955 e. The molecule has 0 aliphatic carbocycles. The van der Waals surface area contributed by atoms with Crippen molar-refractivity contribution in [3.8, 4) is 0 Å². The Bertz CT molecular complexity index is 521. The highest BCUT2D eigenvalue weighted by molar-refractivity contribution is 5.64.